The number of carbonyl (C=O) groups is 12. The number of rotatable bonds is 27. The van der Waals surface area contributed by atoms with Crippen LogP contribution in [0.15, 0.2) is 48.5 Å². The zero-order valence-corrected chi connectivity index (χ0v) is 48.7. The minimum Gasteiger partial charge on any atom is -0.464 e. The number of amides is 2. The van der Waals surface area contributed by atoms with E-state index in [0.29, 0.717) is 24.0 Å². The summed E-state index contributed by atoms with van der Waals surface area (Å²) in [5.41, 5.74) is 0.976. The average molecular weight is 1190 g/mol. The van der Waals surface area contributed by atoms with Crippen molar-refractivity contribution in [3.63, 3.8) is 0 Å². The van der Waals surface area contributed by atoms with Gasteiger partial charge in [0.05, 0.1) is 39.1 Å². The number of hydrogen-bond donors (Lipinski definition) is 2. The fraction of sp³-hybridized carbons (Fsp3) is 0.571. The zero-order chi connectivity index (χ0) is 62.6. The van der Waals surface area contributed by atoms with E-state index in [2.05, 4.69) is 10.6 Å². The number of aryl methyl sites for hydroxylation is 2. The van der Waals surface area contributed by atoms with Crippen molar-refractivity contribution < 1.29 is 124 Å². The van der Waals surface area contributed by atoms with Crippen LogP contribution in [0.1, 0.15) is 106 Å². The minimum atomic E-state index is -2.57. The highest BCUT2D eigenvalue weighted by atomic mass is 16.8. The van der Waals surface area contributed by atoms with Crippen molar-refractivity contribution in [2.24, 2.45) is 0 Å². The molecule has 2 N–H and O–H groups in total. The molecule has 2 aliphatic heterocycles. The third-order valence-corrected chi connectivity index (χ3v) is 12.6. The minimum absolute atomic E-state index is 0.0465. The Morgan fingerprint density at radius 1 is 0.476 bits per heavy atom. The first-order valence-corrected chi connectivity index (χ1v) is 26.4. The summed E-state index contributed by atoms with van der Waals surface area (Å²) in [6, 6.07) is 10.0. The molecule has 2 aliphatic rings. The molecule has 0 bridgehead atoms. The van der Waals surface area contributed by atoms with E-state index in [0.717, 1.165) is 83.5 Å². The van der Waals surface area contributed by atoms with Crippen LogP contribution in [0.4, 0.5) is 0 Å². The molecule has 28 heteroatoms. The third kappa shape index (κ3) is 19.6. The van der Waals surface area contributed by atoms with Crippen LogP contribution in [0.2, 0.25) is 0 Å². The number of para-hydroxylation sites is 2. The second-order valence-electron chi connectivity index (χ2n) is 19.5. The van der Waals surface area contributed by atoms with Gasteiger partial charge in [-0.2, -0.15) is 0 Å². The van der Waals surface area contributed by atoms with E-state index in [9.17, 15) is 57.5 Å². The molecule has 0 saturated carbocycles. The van der Waals surface area contributed by atoms with Crippen LogP contribution < -0.4 is 20.1 Å². The van der Waals surface area contributed by atoms with E-state index >= 15 is 0 Å². The maximum atomic E-state index is 14.2. The van der Waals surface area contributed by atoms with Crippen molar-refractivity contribution in [2.45, 2.75) is 180 Å². The van der Waals surface area contributed by atoms with Gasteiger partial charge >= 0.3 is 71.3 Å². The Hall–Kier alpha value is -8.40. The van der Waals surface area contributed by atoms with Gasteiger partial charge in [-0.1, -0.05) is 36.4 Å². The van der Waals surface area contributed by atoms with Crippen molar-refractivity contribution in [1.82, 2.24) is 10.6 Å². The first-order valence-electron chi connectivity index (χ1n) is 26.4. The SMILES string of the molecule is COC(=O)[C@@]1(Oc2ccccc2CCCCc2ccccc2O[C@]2(C(=O)OC)C[C@H](OC(C)=O)[C@@H](NC(C)=O)[C@H]([C@H](OC(C)=O)[C@@H](COC(C)=O)OC(C)=O)O2)C[C@H](OC(C)=O)[C@@H](NC(C)=O)[C@H]([C@H](OC(C)=O)[C@@H](COC(C)=O)OC(C)=O)O1. The van der Waals surface area contributed by atoms with Gasteiger partial charge in [-0.15, -0.1) is 0 Å². The first-order chi connectivity index (χ1) is 39.5. The van der Waals surface area contributed by atoms with Gasteiger partial charge in [0.15, 0.2) is 24.4 Å². The lowest BCUT2D eigenvalue weighted by atomic mass is 9.87. The lowest BCUT2D eigenvalue weighted by Crippen LogP contribution is -2.70. The second kappa shape index (κ2) is 31.3. The Kier molecular flexibility index (Phi) is 25.4. The molecule has 4 rings (SSSR count). The normalized spacial score (nSPS) is 23.1. The van der Waals surface area contributed by atoms with Crippen molar-refractivity contribution in [3.8, 4) is 11.5 Å². The molecule has 12 atom stereocenters. The van der Waals surface area contributed by atoms with Gasteiger partial charge in [0.1, 0.15) is 49.1 Å². The molecule has 2 heterocycles. The molecule has 0 unspecified atom stereocenters. The lowest BCUT2D eigenvalue weighted by Gasteiger charge is -2.48. The van der Waals surface area contributed by atoms with E-state index in [-0.39, 0.29) is 24.3 Å². The zero-order valence-electron chi connectivity index (χ0n) is 48.7. The molecule has 0 radical (unpaired) electrons. The summed E-state index contributed by atoms with van der Waals surface area (Å²) in [5, 5.41) is 5.22. The first kappa shape index (κ1) is 68.1. The average Bonchev–Trinajstić information content (AvgIpc) is 1.14. The molecular weight excluding hydrogens is 1120 g/mol. The van der Waals surface area contributed by atoms with Crippen molar-refractivity contribution in [2.75, 3.05) is 27.4 Å². The van der Waals surface area contributed by atoms with E-state index in [1.165, 1.54) is 12.1 Å². The largest absolute Gasteiger partial charge is 0.464 e. The van der Waals surface area contributed by atoms with E-state index < -0.39 is 170 Å². The third-order valence-electron chi connectivity index (χ3n) is 12.6. The van der Waals surface area contributed by atoms with E-state index in [1.807, 2.05) is 0 Å². The summed E-state index contributed by atoms with van der Waals surface area (Å²) in [5.74, 6) is -16.0. The fourth-order valence-electron chi connectivity index (χ4n) is 9.61. The molecule has 28 nitrogen and oxygen atoms in total. The number of esters is 10. The Bertz CT molecular complexity index is 2550. The summed E-state index contributed by atoms with van der Waals surface area (Å²) in [4.78, 5) is 154. The number of ether oxygens (including phenoxy) is 14. The summed E-state index contributed by atoms with van der Waals surface area (Å²) >= 11 is 0. The van der Waals surface area contributed by atoms with Crippen LogP contribution in [0.25, 0.3) is 0 Å². The van der Waals surface area contributed by atoms with Crippen LogP contribution in [0.5, 0.6) is 11.5 Å². The Balaban J connectivity index is 1.76. The molecule has 2 amide bonds. The number of unbranched alkanes of at least 4 members (excludes halogenated alkanes) is 1. The lowest BCUT2D eigenvalue weighted by molar-refractivity contribution is -0.289. The molecule has 0 aromatic heterocycles. The van der Waals surface area contributed by atoms with E-state index in [4.69, 9.17) is 66.3 Å². The predicted octanol–water partition coefficient (Wildman–Crippen LogP) is 2.05. The number of methoxy groups -OCH3 is 2. The van der Waals surface area contributed by atoms with Gasteiger partial charge in [0.2, 0.25) is 11.8 Å². The molecule has 0 spiro atoms. The van der Waals surface area contributed by atoms with Crippen LogP contribution in [0, 0.1) is 0 Å². The molecule has 2 aromatic carbocycles. The standard InChI is InChI=1S/C56H72N2O26/c1-29(59)57-47-43(75-33(5)63)25-55(53(69)71-11,83-51(47)49(79-37(9)67)45(77-35(7)65)27-73-31(3)61)81-41-23-17-15-21-39(41)19-13-14-20-40-22-16-18-24-42(40)82-56(54(70)72-12)26-44(76-34(6)64)48(58-30(2)60)52(84-56)50(80-38(10)68)46(78-36(8)66)28-74-32(4)62/h15-18,21-24,43-52H,13-14,19-20,25-28H2,1-12H3,(H,57,59)(H,58,60)/t43-,44-,45+,46+,47+,48+,49+,50+,51+,52+,55+,56+/m0/s1. The smallest absolute Gasteiger partial charge is 0.379 e. The fourth-order valence-corrected chi connectivity index (χ4v) is 9.61. The predicted molar refractivity (Wildman–Crippen MR) is 281 cm³/mol. The van der Waals surface area contributed by atoms with Crippen molar-refractivity contribution in [3.05, 3.63) is 59.7 Å². The quantitative estimate of drug-likeness (QED) is 0.0734. The molecule has 0 aliphatic carbocycles. The molecule has 2 aromatic rings. The molecule has 2 saturated heterocycles. The van der Waals surface area contributed by atoms with Gasteiger partial charge in [-0.3, -0.25) is 47.9 Å². The topological polar surface area (TPSA) is 358 Å². The number of nitrogens with one attached hydrogen (secondary N) is 2. The number of hydrogen-bond acceptors (Lipinski definition) is 26. The summed E-state index contributed by atoms with van der Waals surface area (Å²) < 4.78 is 80.4. The molecule has 2 fully saturated rings. The maximum Gasteiger partial charge on any atom is 0.379 e. The highest BCUT2D eigenvalue weighted by Crippen LogP contribution is 2.41. The highest BCUT2D eigenvalue weighted by Gasteiger charge is 2.62. The molecule has 84 heavy (non-hydrogen) atoms. The Morgan fingerprint density at radius 2 is 0.810 bits per heavy atom. The number of carbonyl (C=O) groups excluding carboxylic acids is 12. The second-order valence-corrected chi connectivity index (χ2v) is 19.5. The van der Waals surface area contributed by atoms with Crippen LogP contribution in [-0.4, -0.2) is 171 Å². The summed E-state index contributed by atoms with van der Waals surface area (Å²) in [7, 11) is 2.04. The van der Waals surface area contributed by atoms with Gasteiger partial charge in [0, 0.05) is 69.2 Å². The monoisotopic (exact) mass is 1190 g/mol. The molecular formula is C56H72N2O26. The van der Waals surface area contributed by atoms with Crippen LogP contribution in [0.3, 0.4) is 0 Å². The van der Waals surface area contributed by atoms with Gasteiger partial charge in [-0.05, 0) is 48.9 Å². The van der Waals surface area contributed by atoms with Gasteiger partial charge < -0.3 is 76.9 Å². The number of benzene rings is 2. The Morgan fingerprint density at radius 3 is 1.10 bits per heavy atom. The van der Waals surface area contributed by atoms with Crippen molar-refractivity contribution >= 4 is 71.5 Å². The van der Waals surface area contributed by atoms with Crippen molar-refractivity contribution in [1.29, 1.82) is 0 Å². The van der Waals surface area contributed by atoms with Gasteiger partial charge in [-0.25, -0.2) is 9.59 Å². The Labute approximate surface area is 483 Å². The summed E-state index contributed by atoms with van der Waals surface area (Å²) in [6.07, 6.45) is -13.5. The molecule has 462 valence electrons. The maximum absolute atomic E-state index is 14.2. The van der Waals surface area contributed by atoms with Gasteiger partial charge in [0.25, 0.3) is 0 Å². The van der Waals surface area contributed by atoms with Crippen LogP contribution in [-0.2, 0) is 127 Å². The highest BCUT2D eigenvalue weighted by molar-refractivity contribution is 5.80. The van der Waals surface area contributed by atoms with Crippen LogP contribution >= 0.6 is 0 Å². The van der Waals surface area contributed by atoms with E-state index in [1.54, 1.807) is 36.4 Å². The summed E-state index contributed by atoms with van der Waals surface area (Å²) in [6.45, 7) is 9.16.